The second-order valence-corrected chi connectivity index (χ2v) is 4.14. The smallest absolute Gasteiger partial charge is 0.236 e. The van der Waals surface area contributed by atoms with Crippen LogP contribution in [0.5, 0.6) is 0 Å². The molecule has 1 rings (SSSR count). The highest BCUT2D eigenvalue weighted by Crippen LogP contribution is 2.12. The molecule has 0 aliphatic heterocycles. The molecule has 5 heteroatoms. The Hall–Kier alpha value is -1.49. The van der Waals surface area contributed by atoms with Crippen LogP contribution >= 0.6 is 11.8 Å². The zero-order chi connectivity index (χ0) is 12.0. The Kier molecular flexibility index (Phi) is 4.85. The molecular formula is C11H12NO3S-. The van der Waals surface area contributed by atoms with Crippen LogP contribution in [0.25, 0.3) is 0 Å². The second kappa shape index (κ2) is 6.17. The summed E-state index contributed by atoms with van der Waals surface area (Å²) >= 11 is 1.04. The van der Waals surface area contributed by atoms with Crippen molar-refractivity contribution in [2.75, 3.05) is 23.5 Å². The summed E-state index contributed by atoms with van der Waals surface area (Å²) in [7, 11) is 1.66. The Morgan fingerprint density at radius 2 is 1.88 bits per heavy atom. The van der Waals surface area contributed by atoms with E-state index in [-0.39, 0.29) is 17.4 Å². The number of hydrogen-bond donors (Lipinski definition) is 0. The van der Waals surface area contributed by atoms with Crippen molar-refractivity contribution in [2.24, 2.45) is 0 Å². The van der Waals surface area contributed by atoms with Gasteiger partial charge < -0.3 is 14.8 Å². The Bertz CT molecular complexity index is 367. The third-order valence-corrected chi connectivity index (χ3v) is 2.85. The lowest BCUT2D eigenvalue weighted by atomic mass is 10.3. The van der Waals surface area contributed by atoms with Crippen LogP contribution in [0, 0.1) is 0 Å². The highest BCUT2D eigenvalue weighted by molar-refractivity contribution is 8.00. The van der Waals surface area contributed by atoms with Gasteiger partial charge in [0.2, 0.25) is 5.91 Å². The van der Waals surface area contributed by atoms with Gasteiger partial charge in [-0.25, -0.2) is 0 Å². The maximum atomic E-state index is 11.6. The number of amides is 1. The molecule has 0 N–H and O–H groups in total. The minimum atomic E-state index is -1.15. The largest absolute Gasteiger partial charge is 0.549 e. The number of benzene rings is 1. The molecule has 0 aromatic heterocycles. The van der Waals surface area contributed by atoms with E-state index in [2.05, 4.69) is 0 Å². The number of rotatable bonds is 5. The lowest BCUT2D eigenvalue weighted by Crippen LogP contribution is -2.29. The van der Waals surface area contributed by atoms with Crippen LogP contribution in [0.3, 0.4) is 0 Å². The molecule has 86 valence electrons. The van der Waals surface area contributed by atoms with Crippen molar-refractivity contribution in [1.29, 1.82) is 0 Å². The number of thioether (sulfide) groups is 1. The van der Waals surface area contributed by atoms with Crippen molar-refractivity contribution in [3.05, 3.63) is 30.3 Å². The molecule has 4 nitrogen and oxygen atoms in total. The number of carboxylic acid groups (broad SMARTS) is 1. The van der Waals surface area contributed by atoms with Gasteiger partial charge >= 0.3 is 0 Å². The number of aliphatic carboxylic acids is 1. The average Bonchev–Trinajstić information content (AvgIpc) is 2.28. The van der Waals surface area contributed by atoms with Gasteiger partial charge in [-0.1, -0.05) is 18.2 Å². The van der Waals surface area contributed by atoms with E-state index in [9.17, 15) is 14.7 Å². The first-order valence-electron chi connectivity index (χ1n) is 4.70. The Labute approximate surface area is 98.3 Å². The minimum Gasteiger partial charge on any atom is -0.549 e. The molecule has 0 unspecified atom stereocenters. The zero-order valence-electron chi connectivity index (χ0n) is 8.88. The number of carboxylic acids is 1. The van der Waals surface area contributed by atoms with Crippen molar-refractivity contribution in [3.8, 4) is 0 Å². The van der Waals surface area contributed by atoms with Gasteiger partial charge in [-0.2, -0.15) is 0 Å². The van der Waals surface area contributed by atoms with E-state index in [1.807, 2.05) is 30.3 Å². The zero-order valence-corrected chi connectivity index (χ0v) is 9.70. The van der Waals surface area contributed by atoms with Crippen molar-refractivity contribution in [2.45, 2.75) is 0 Å². The van der Waals surface area contributed by atoms with Crippen molar-refractivity contribution < 1.29 is 14.7 Å². The maximum absolute atomic E-state index is 11.6. The van der Waals surface area contributed by atoms with Gasteiger partial charge in [-0.3, -0.25) is 4.79 Å². The molecule has 0 bridgehead atoms. The maximum Gasteiger partial charge on any atom is 0.236 e. The molecule has 1 amide bonds. The van der Waals surface area contributed by atoms with Gasteiger partial charge in [0.1, 0.15) is 0 Å². The molecule has 1 aromatic carbocycles. The van der Waals surface area contributed by atoms with Crippen LogP contribution in [-0.4, -0.2) is 30.4 Å². The molecular weight excluding hydrogens is 226 g/mol. The lowest BCUT2D eigenvalue weighted by molar-refractivity contribution is -0.301. The fourth-order valence-electron chi connectivity index (χ4n) is 1.11. The molecule has 0 aliphatic carbocycles. The van der Waals surface area contributed by atoms with E-state index < -0.39 is 5.97 Å². The van der Waals surface area contributed by atoms with Gasteiger partial charge in [0.25, 0.3) is 0 Å². The third-order valence-electron chi connectivity index (χ3n) is 1.96. The van der Waals surface area contributed by atoms with E-state index in [0.717, 1.165) is 17.4 Å². The van der Waals surface area contributed by atoms with Crippen molar-refractivity contribution in [1.82, 2.24) is 0 Å². The molecule has 0 saturated carbocycles. The Morgan fingerprint density at radius 3 is 2.44 bits per heavy atom. The summed E-state index contributed by atoms with van der Waals surface area (Å²) in [6, 6.07) is 9.19. The first-order chi connectivity index (χ1) is 7.61. The molecule has 0 atom stereocenters. The van der Waals surface area contributed by atoms with Crippen LogP contribution in [0.4, 0.5) is 5.69 Å². The molecule has 0 aliphatic rings. The number of carbonyl (C=O) groups excluding carboxylic acids is 2. The van der Waals surface area contributed by atoms with E-state index in [1.54, 1.807) is 7.05 Å². The molecule has 1 aromatic rings. The standard InChI is InChI=1S/C11H13NO3S/c1-12(9-5-3-2-4-6-9)10(13)7-16-8-11(14)15/h2-6H,7-8H2,1H3,(H,14,15)/p-1. The second-order valence-electron chi connectivity index (χ2n) is 3.15. The van der Waals surface area contributed by atoms with Crippen molar-refractivity contribution in [3.63, 3.8) is 0 Å². The molecule has 0 heterocycles. The van der Waals surface area contributed by atoms with Gasteiger partial charge in [-0.15, -0.1) is 11.8 Å². The minimum absolute atomic E-state index is 0.127. The number of hydrogen-bond acceptors (Lipinski definition) is 4. The molecule has 0 fully saturated rings. The molecule has 0 spiro atoms. The highest BCUT2D eigenvalue weighted by Gasteiger charge is 2.09. The average molecular weight is 238 g/mol. The number of anilines is 1. The van der Waals surface area contributed by atoms with E-state index >= 15 is 0 Å². The summed E-state index contributed by atoms with van der Waals surface area (Å²) in [6.07, 6.45) is 0. The molecule has 0 saturated heterocycles. The molecule has 0 radical (unpaired) electrons. The van der Waals surface area contributed by atoms with Gasteiger partial charge in [-0.05, 0) is 12.1 Å². The van der Waals surface area contributed by atoms with Gasteiger partial charge in [0, 0.05) is 18.5 Å². The quantitative estimate of drug-likeness (QED) is 0.731. The third kappa shape index (κ3) is 3.94. The van der Waals surface area contributed by atoms with Crippen LogP contribution in [0.2, 0.25) is 0 Å². The van der Waals surface area contributed by atoms with Crippen LogP contribution in [-0.2, 0) is 9.59 Å². The predicted molar refractivity (Wildman–Crippen MR) is 62.2 cm³/mol. The predicted octanol–water partition coefficient (Wildman–Crippen LogP) is 0.132. The van der Waals surface area contributed by atoms with Crippen LogP contribution < -0.4 is 10.0 Å². The van der Waals surface area contributed by atoms with E-state index in [4.69, 9.17) is 0 Å². The first kappa shape index (κ1) is 12.6. The fourth-order valence-corrected chi connectivity index (χ4v) is 1.75. The molecule has 16 heavy (non-hydrogen) atoms. The number of carbonyl (C=O) groups is 2. The van der Waals surface area contributed by atoms with Crippen molar-refractivity contribution >= 4 is 29.3 Å². The van der Waals surface area contributed by atoms with Crippen LogP contribution in [0.1, 0.15) is 0 Å². The topological polar surface area (TPSA) is 60.4 Å². The summed E-state index contributed by atoms with van der Waals surface area (Å²) in [5.41, 5.74) is 0.793. The number of para-hydroxylation sites is 1. The summed E-state index contributed by atoms with van der Waals surface area (Å²) in [6.45, 7) is 0. The SMILES string of the molecule is CN(C(=O)CSCC(=O)[O-])c1ccccc1. The first-order valence-corrected chi connectivity index (χ1v) is 5.86. The Balaban J connectivity index is 2.45. The van der Waals surface area contributed by atoms with Gasteiger partial charge in [0.15, 0.2) is 0 Å². The summed E-state index contributed by atoms with van der Waals surface area (Å²) < 4.78 is 0. The van der Waals surface area contributed by atoms with Crippen LogP contribution in [0.15, 0.2) is 30.3 Å². The lowest BCUT2D eigenvalue weighted by Gasteiger charge is -2.16. The van der Waals surface area contributed by atoms with E-state index in [1.165, 1.54) is 4.90 Å². The summed E-state index contributed by atoms with van der Waals surface area (Å²) in [5, 5.41) is 10.2. The normalized spacial score (nSPS) is 9.81. The van der Waals surface area contributed by atoms with Gasteiger partial charge in [0.05, 0.1) is 11.7 Å². The highest BCUT2D eigenvalue weighted by atomic mass is 32.2. The summed E-state index contributed by atoms with van der Waals surface area (Å²) in [5.74, 6) is -1.30. The van der Waals surface area contributed by atoms with E-state index in [0.29, 0.717) is 0 Å². The number of nitrogens with zero attached hydrogens (tertiary/aromatic N) is 1. The fraction of sp³-hybridized carbons (Fsp3) is 0.273. The summed E-state index contributed by atoms with van der Waals surface area (Å²) in [4.78, 5) is 23.3. The Morgan fingerprint density at radius 1 is 1.25 bits per heavy atom. The monoisotopic (exact) mass is 238 g/mol.